The van der Waals surface area contributed by atoms with Gasteiger partial charge in [-0.3, -0.25) is 4.99 Å². The average Bonchev–Trinajstić information content (AvgIpc) is 3.94. The lowest BCUT2D eigenvalue weighted by molar-refractivity contribution is 1.14. The zero-order chi connectivity index (χ0) is 40.8. The first kappa shape index (κ1) is 39.8. The van der Waals surface area contributed by atoms with Crippen molar-refractivity contribution >= 4 is 28.0 Å². The van der Waals surface area contributed by atoms with E-state index in [9.17, 15) is 0 Å². The SMILES string of the molecule is C=CC1=C(/c2ccc(CC)cc2)c2ccc([nH]2)/C(c2ccc(CC)cc2)=C(C)/C=C\C(=C)/C(c2ccc(CC)cc2)=c2/cc/c([nH]2)=C(c2ccc(CC)cc2)/C(C)=N/1. The number of fused-ring (bicyclic) bond motifs is 4. The lowest BCUT2D eigenvalue weighted by Gasteiger charge is -2.14. The molecule has 2 aromatic heterocycles. The number of nitrogens with one attached hydrogen (secondary N) is 2. The fraction of sp³-hybridized carbons (Fsp3) is 0.182. The maximum Gasteiger partial charge on any atom is 0.0726 e. The molecule has 4 bridgehead atoms. The van der Waals surface area contributed by atoms with Gasteiger partial charge in [0.15, 0.2) is 0 Å². The Balaban J connectivity index is 1.59. The van der Waals surface area contributed by atoms with Crippen LogP contribution in [0.4, 0.5) is 0 Å². The van der Waals surface area contributed by atoms with E-state index < -0.39 is 0 Å². The number of aromatic nitrogens is 2. The number of H-pyrrole nitrogens is 2. The van der Waals surface area contributed by atoms with E-state index in [1.54, 1.807) is 0 Å². The highest BCUT2D eigenvalue weighted by atomic mass is 14.8. The highest BCUT2D eigenvalue weighted by Crippen LogP contribution is 2.34. The van der Waals surface area contributed by atoms with Crippen LogP contribution < -0.4 is 10.7 Å². The van der Waals surface area contributed by atoms with E-state index in [0.717, 1.165) is 115 Å². The zero-order valence-electron chi connectivity index (χ0n) is 35.0. The highest BCUT2D eigenvalue weighted by Gasteiger charge is 2.18. The summed E-state index contributed by atoms with van der Waals surface area (Å²) >= 11 is 0. The van der Waals surface area contributed by atoms with Gasteiger partial charge in [0.1, 0.15) is 0 Å². The van der Waals surface area contributed by atoms with E-state index in [1.807, 2.05) is 6.08 Å². The molecule has 0 saturated carbocycles. The number of hydrogen-bond donors (Lipinski definition) is 2. The van der Waals surface area contributed by atoms with Gasteiger partial charge < -0.3 is 9.97 Å². The molecule has 0 fully saturated rings. The fourth-order valence-corrected chi connectivity index (χ4v) is 7.94. The molecule has 0 amide bonds. The van der Waals surface area contributed by atoms with Gasteiger partial charge in [-0.15, -0.1) is 0 Å². The van der Waals surface area contributed by atoms with Gasteiger partial charge in [-0.2, -0.15) is 0 Å². The van der Waals surface area contributed by atoms with Crippen LogP contribution in [0, 0.1) is 0 Å². The molecule has 0 saturated heterocycles. The second-order valence-electron chi connectivity index (χ2n) is 15.1. The molecule has 4 aromatic carbocycles. The van der Waals surface area contributed by atoms with Gasteiger partial charge in [-0.05, 0) is 126 Å². The summed E-state index contributed by atoms with van der Waals surface area (Å²) < 4.78 is 0. The molecule has 6 aromatic rings. The molecule has 3 heterocycles. The zero-order valence-corrected chi connectivity index (χ0v) is 35.0. The Hall–Kier alpha value is -6.45. The van der Waals surface area contributed by atoms with Gasteiger partial charge in [-0.25, -0.2) is 0 Å². The largest absolute Gasteiger partial charge is 0.354 e. The van der Waals surface area contributed by atoms with Crippen molar-refractivity contribution in [1.29, 1.82) is 0 Å². The van der Waals surface area contributed by atoms with Crippen LogP contribution in [-0.4, -0.2) is 15.7 Å². The van der Waals surface area contributed by atoms with Crippen LogP contribution >= 0.6 is 0 Å². The van der Waals surface area contributed by atoms with E-state index in [-0.39, 0.29) is 0 Å². The molecule has 0 atom stereocenters. The van der Waals surface area contributed by atoms with Crippen molar-refractivity contribution in [1.82, 2.24) is 9.97 Å². The first-order valence-electron chi connectivity index (χ1n) is 20.8. The minimum Gasteiger partial charge on any atom is -0.354 e. The predicted octanol–water partition coefficient (Wildman–Crippen LogP) is 12.0. The molecule has 0 unspecified atom stereocenters. The highest BCUT2D eigenvalue weighted by molar-refractivity contribution is 6.22. The average molecular weight is 758 g/mol. The lowest BCUT2D eigenvalue weighted by Crippen LogP contribution is -2.19. The van der Waals surface area contributed by atoms with E-state index >= 15 is 0 Å². The third-order valence-electron chi connectivity index (χ3n) is 11.4. The van der Waals surface area contributed by atoms with Crippen LogP contribution in [0.3, 0.4) is 0 Å². The molecule has 3 heteroatoms. The summed E-state index contributed by atoms with van der Waals surface area (Å²) in [5.41, 5.74) is 19.5. The Bertz CT molecular complexity index is 2700. The Morgan fingerprint density at radius 3 is 1.31 bits per heavy atom. The van der Waals surface area contributed by atoms with Crippen LogP contribution in [0.2, 0.25) is 0 Å². The van der Waals surface area contributed by atoms with Gasteiger partial charge in [-0.1, -0.05) is 150 Å². The van der Waals surface area contributed by atoms with Gasteiger partial charge >= 0.3 is 0 Å². The minimum atomic E-state index is 0.792. The minimum absolute atomic E-state index is 0.792. The van der Waals surface area contributed by atoms with Crippen molar-refractivity contribution < 1.29 is 0 Å². The molecule has 1 aliphatic heterocycles. The van der Waals surface area contributed by atoms with Crippen molar-refractivity contribution in [2.45, 2.75) is 67.2 Å². The van der Waals surface area contributed by atoms with Crippen molar-refractivity contribution in [2.24, 2.45) is 4.99 Å². The molecule has 3 nitrogen and oxygen atoms in total. The van der Waals surface area contributed by atoms with Crippen LogP contribution in [-0.2, 0) is 25.7 Å². The summed E-state index contributed by atoms with van der Waals surface area (Å²) in [6, 6.07) is 44.3. The Morgan fingerprint density at radius 1 is 0.466 bits per heavy atom. The van der Waals surface area contributed by atoms with Crippen molar-refractivity contribution in [3.8, 4) is 0 Å². The second kappa shape index (κ2) is 17.8. The second-order valence-corrected chi connectivity index (χ2v) is 15.1. The molecule has 0 spiro atoms. The van der Waals surface area contributed by atoms with Crippen molar-refractivity contribution in [3.63, 3.8) is 0 Å². The monoisotopic (exact) mass is 757 g/mol. The standard InChI is InChI=1S/C55H55N3/c1-9-39-16-24-43(25-17-39)52-36(6)14-15-37(7)53(44-26-18-40(10-2)19-27-44)49-33-35-51(58-49)55(46-30-22-42(12-4)23-31-46)47(13-5)56-38(8)54(50-34-32-48(52)57-50)45-28-20-41(11-3)21-29-45/h13-35,57-58H,5-6,9-12H2,1-4,7-8H3/b15-14-,52-48+,53-37+,54-50+,55-47-,56-38+. The molecule has 2 N–H and O–H groups in total. The normalized spacial score (nSPS) is 19.7. The van der Waals surface area contributed by atoms with Crippen LogP contribution in [0.5, 0.6) is 0 Å². The Labute approximate surface area is 345 Å². The number of benzene rings is 4. The topological polar surface area (TPSA) is 43.9 Å². The molecule has 290 valence electrons. The molecular weight excluding hydrogens is 703 g/mol. The van der Waals surface area contributed by atoms with Crippen LogP contribution in [0.15, 0.2) is 175 Å². The van der Waals surface area contributed by atoms with Gasteiger partial charge in [0.05, 0.1) is 5.70 Å². The summed E-state index contributed by atoms with van der Waals surface area (Å²) in [5, 5.41) is 1.98. The summed E-state index contributed by atoms with van der Waals surface area (Å²) in [7, 11) is 0. The molecule has 0 aliphatic carbocycles. The number of aryl methyl sites for hydroxylation is 4. The number of rotatable bonds is 9. The predicted molar refractivity (Wildman–Crippen MR) is 248 cm³/mol. The third-order valence-corrected chi connectivity index (χ3v) is 11.4. The van der Waals surface area contributed by atoms with E-state index in [0.29, 0.717) is 0 Å². The van der Waals surface area contributed by atoms with Crippen molar-refractivity contribution in [2.75, 3.05) is 0 Å². The van der Waals surface area contributed by atoms with E-state index in [1.165, 1.54) is 22.3 Å². The number of aliphatic imine (C=N–C) groups is 1. The maximum atomic E-state index is 5.48. The fourth-order valence-electron chi connectivity index (χ4n) is 7.94. The lowest BCUT2D eigenvalue weighted by atomic mass is 9.94. The summed E-state index contributed by atoms with van der Waals surface area (Å²) in [6.07, 6.45) is 10.2. The Morgan fingerprint density at radius 2 is 0.862 bits per heavy atom. The molecule has 0 radical (unpaired) electrons. The smallest absolute Gasteiger partial charge is 0.0726 e. The summed E-state index contributed by atoms with van der Waals surface area (Å²) in [5.74, 6) is 0. The van der Waals surface area contributed by atoms with Crippen molar-refractivity contribution in [3.05, 3.63) is 236 Å². The number of hydrogen-bond acceptors (Lipinski definition) is 1. The maximum absolute atomic E-state index is 5.48. The molecule has 7 rings (SSSR count). The number of aromatic amines is 2. The van der Waals surface area contributed by atoms with Gasteiger partial charge in [0.25, 0.3) is 0 Å². The van der Waals surface area contributed by atoms with E-state index in [2.05, 4.69) is 192 Å². The number of nitrogens with zero attached hydrogens (tertiary/aromatic N) is 1. The molecule has 1 aliphatic rings. The first-order valence-corrected chi connectivity index (χ1v) is 20.8. The quantitative estimate of drug-likeness (QED) is 0.148. The summed E-state index contributed by atoms with van der Waals surface area (Å²) in [6.45, 7) is 22.1. The Kier molecular flexibility index (Phi) is 12.2. The van der Waals surface area contributed by atoms with E-state index in [4.69, 9.17) is 11.6 Å². The third kappa shape index (κ3) is 8.31. The van der Waals surface area contributed by atoms with Gasteiger partial charge in [0, 0.05) is 50.1 Å². The van der Waals surface area contributed by atoms with Gasteiger partial charge in [0.2, 0.25) is 0 Å². The molecule has 58 heavy (non-hydrogen) atoms. The van der Waals surface area contributed by atoms with Crippen LogP contribution in [0.25, 0.3) is 22.3 Å². The summed E-state index contributed by atoms with van der Waals surface area (Å²) in [4.78, 5) is 13.2. The number of allylic oxidation sites excluding steroid dienone is 5. The first-order chi connectivity index (χ1) is 28.2. The molecular formula is C55H55N3. The van der Waals surface area contributed by atoms with Crippen LogP contribution in [0.1, 0.15) is 97.4 Å².